The van der Waals surface area contributed by atoms with Crippen molar-refractivity contribution in [2.24, 2.45) is 0 Å². The number of ether oxygens (including phenoxy) is 1. The second-order valence-electron chi connectivity index (χ2n) is 6.72. The van der Waals surface area contributed by atoms with Crippen molar-refractivity contribution in [1.82, 2.24) is 0 Å². The number of nitrogens with one attached hydrogen (secondary N) is 1. The highest BCUT2D eigenvalue weighted by atomic mass is 19.1. The van der Waals surface area contributed by atoms with Crippen molar-refractivity contribution >= 4 is 28.3 Å². The Bertz CT molecular complexity index is 1260. The molecule has 1 heterocycles. The molecule has 4 aromatic rings. The van der Waals surface area contributed by atoms with Gasteiger partial charge in [0, 0.05) is 16.5 Å². The van der Waals surface area contributed by atoms with E-state index in [2.05, 4.69) is 11.9 Å². The lowest BCUT2D eigenvalue weighted by atomic mass is 10.1. The third kappa shape index (κ3) is 4.23. The van der Waals surface area contributed by atoms with Crippen molar-refractivity contribution in [2.75, 3.05) is 11.9 Å². The van der Waals surface area contributed by atoms with Crippen molar-refractivity contribution in [2.45, 2.75) is 0 Å². The van der Waals surface area contributed by atoms with Gasteiger partial charge < -0.3 is 14.5 Å². The molecule has 5 nitrogen and oxygen atoms in total. The van der Waals surface area contributed by atoms with Crippen molar-refractivity contribution < 1.29 is 23.1 Å². The largest absolute Gasteiger partial charge is 0.490 e. The molecule has 1 N–H and O–H groups in total. The molecular formula is C25H18FNO4. The van der Waals surface area contributed by atoms with Gasteiger partial charge in [0.05, 0.1) is 5.69 Å². The summed E-state index contributed by atoms with van der Waals surface area (Å²) in [5.41, 5.74) is 1.36. The highest BCUT2D eigenvalue weighted by Crippen LogP contribution is 2.33. The van der Waals surface area contributed by atoms with Gasteiger partial charge in [-0.05, 0) is 60.7 Å². The number of carbonyl (C=O) groups excluding carboxylic acids is 2. The lowest BCUT2D eigenvalue weighted by Crippen LogP contribution is -2.14. The Hall–Kier alpha value is -4.19. The van der Waals surface area contributed by atoms with Gasteiger partial charge in [0.1, 0.15) is 23.8 Å². The molecule has 0 bridgehead atoms. The maximum Gasteiger partial charge on any atom is 0.255 e. The van der Waals surface area contributed by atoms with Gasteiger partial charge in [-0.1, -0.05) is 24.8 Å². The Labute approximate surface area is 177 Å². The zero-order valence-electron chi connectivity index (χ0n) is 16.4. The molecule has 0 radical (unpaired) electrons. The first-order valence-corrected chi connectivity index (χ1v) is 9.53. The van der Waals surface area contributed by atoms with Crippen LogP contribution in [-0.4, -0.2) is 18.3 Å². The maximum atomic E-state index is 13.3. The summed E-state index contributed by atoms with van der Waals surface area (Å²) < 4.78 is 24.4. The summed E-state index contributed by atoms with van der Waals surface area (Å²) in [7, 11) is 0. The minimum absolute atomic E-state index is 0.0212. The summed E-state index contributed by atoms with van der Waals surface area (Å²) in [5.74, 6) is -0.727. The van der Waals surface area contributed by atoms with Gasteiger partial charge >= 0.3 is 0 Å². The van der Waals surface area contributed by atoms with Crippen LogP contribution < -0.4 is 10.1 Å². The zero-order chi connectivity index (χ0) is 21.8. The quantitative estimate of drug-likeness (QED) is 0.314. The molecule has 0 aliphatic rings. The Morgan fingerprint density at radius 1 is 0.968 bits per heavy atom. The van der Waals surface area contributed by atoms with E-state index >= 15 is 0 Å². The summed E-state index contributed by atoms with van der Waals surface area (Å²) in [4.78, 5) is 25.9. The summed E-state index contributed by atoms with van der Waals surface area (Å²) in [6, 6.07) is 18.8. The molecule has 0 saturated carbocycles. The Kier molecular flexibility index (Phi) is 5.62. The minimum Gasteiger partial charge on any atom is -0.490 e. The van der Waals surface area contributed by atoms with Crippen LogP contribution in [0.3, 0.4) is 0 Å². The van der Waals surface area contributed by atoms with Gasteiger partial charge in [-0.25, -0.2) is 4.39 Å². The standard InChI is InChI=1S/C25H18FNO4/c1-2-15-30-19-13-9-17(10-14-19)25(29)27-22-20-5-3-4-6-21(20)31-24(22)23(28)16-7-11-18(26)12-8-16/h2-14H,1,15H2,(H,27,29). The molecule has 0 unspecified atom stereocenters. The number of anilines is 1. The van der Waals surface area contributed by atoms with Crippen molar-refractivity contribution in [3.05, 3.63) is 108 Å². The van der Waals surface area contributed by atoms with E-state index in [0.717, 1.165) is 0 Å². The van der Waals surface area contributed by atoms with E-state index in [1.165, 1.54) is 24.3 Å². The Morgan fingerprint density at radius 2 is 1.65 bits per heavy atom. The summed E-state index contributed by atoms with van der Waals surface area (Å²) in [6.07, 6.45) is 1.63. The summed E-state index contributed by atoms with van der Waals surface area (Å²) in [6.45, 7) is 3.96. The molecule has 154 valence electrons. The smallest absolute Gasteiger partial charge is 0.255 e. The number of hydrogen-bond acceptors (Lipinski definition) is 4. The van der Waals surface area contributed by atoms with Crippen LogP contribution in [0.2, 0.25) is 0 Å². The van der Waals surface area contributed by atoms with Crippen molar-refractivity contribution in [3.63, 3.8) is 0 Å². The molecule has 0 aliphatic carbocycles. The van der Waals surface area contributed by atoms with Crippen LogP contribution in [0.25, 0.3) is 11.0 Å². The van der Waals surface area contributed by atoms with E-state index in [9.17, 15) is 14.0 Å². The van der Waals surface area contributed by atoms with Crippen molar-refractivity contribution in [3.8, 4) is 5.75 Å². The molecule has 0 aliphatic heterocycles. The molecule has 0 spiro atoms. The zero-order valence-corrected chi connectivity index (χ0v) is 16.4. The number of carbonyl (C=O) groups is 2. The van der Waals surface area contributed by atoms with Gasteiger partial charge in [-0.2, -0.15) is 0 Å². The van der Waals surface area contributed by atoms with Crippen molar-refractivity contribution in [1.29, 1.82) is 0 Å². The number of benzene rings is 3. The average molecular weight is 415 g/mol. The van der Waals surface area contributed by atoms with Gasteiger partial charge in [0.15, 0.2) is 5.76 Å². The van der Waals surface area contributed by atoms with Gasteiger partial charge in [0.2, 0.25) is 5.78 Å². The first kappa shape index (κ1) is 20.1. The number of rotatable bonds is 7. The lowest BCUT2D eigenvalue weighted by Gasteiger charge is -2.08. The predicted octanol–water partition coefficient (Wildman–Crippen LogP) is 5.62. The fourth-order valence-corrected chi connectivity index (χ4v) is 3.11. The Morgan fingerprint density at radius 3 is 2.35 bits per heavy atom. The normalized spacial score (nSPS) is 10.6. The highest BCUT2D eigenvalue weighted by Gasteiger charge is 2.23. The molecule has 1 aromatic heterocycles. The average Bonchev–Trinajstić information content (AvgIpc) is 3.16. The molecule has 0 saturated heterocycles. The van der Waals surface area contributed by atoms with Crippen LogP contribution in [0, 0.1) is 5.82 Å². The second-order valence-corrected chi connectivity index (χ2v) is 6.72. The maximum absolute atomic E-state index is 13.3. The van der Waals surface area contributed by atoms with Gasteiger partial charge in [-0.15, -0.1) is 0 Å². The van der Waals surface area contributed by atoms with Gasteiger partial charge in [-0.3, -0.25) is 9.59 Å². The van der Waals surface area contributed by atoms with Crippen LogP contribution in [0.5, 0.6) is 5.75 Å². The third-order valence-electron chi connectivity index (χ3n) is 4.63. The molecule has 0 atom stereocenters. The van der Waals surface area contributed by atoms with E-state index in [1.54, 1.807) is 54.6 Å². The van der Waals surface area contributed by atoms with Gasteiger partial charge in [0.25, 0.3) is 5.91 Å². The molecule has 1 amide bonds. The molecular weight excluding hydrogens is 397 g/mol. The number of fused-ring (bicyclic) bond motifs is 1. The number of furan rings is 1. The van der Waals surface area contributed by atoms with Crippen LogP contribution >= 0.6 is 0 Å². The van der Waals surface area contributed by atoms with Crippen LogP contribution in [0.4, 0.5) is 10.1 Å². The molecule has 31 heavy (non-hydrogen) atoms. The molecule has 3 aromatic carbocycles. The number of ketones is 1. The lowest BCUT2D eigenvalue weighted by molar-refractivity contribution is 0.101. The number of amides is 1. The van der Waals surface area contributed by atoms with E-state index in [0.29, 0.717) is 28.9 Å². The highest BCUT2D eigenvalue weighted by molar-refractivity contribution is 6.18. The monoisotopic (exact) mass is 415 g/mol. The SMILES string of the molecule is C=CCOc1ccc(C(=O)Nc2c(C(=O)c3ccc(F)cc3)oc3ccccc23)cc1. The molecule has 6 heteroatoms. The van der Waals surface area contributed by atoms with E-state index < -0.39 is 17.5 Å². The molecule has 0 fully saturated rings. The van der Waals surface area contributed by atoms with Crippen LogP contribution in [0.1, 0.15) is 26.5 Å². The third-order valence-corrected chi connectivity index (χ3v) is 4.63. The fraction of sp³-hybridized carbons (Fsp3) is 0.0400. The first-order valence-electron chi connectivity index (χ1n) is 9.53. The minimum atomic E-state index is -0.459. The van der Waals surface area contributed by atoms with Crippen LogP contribution in [0.15, 0.2) is 89.9 Å². The summed E-state index contributed by atoms with van der Waals surface area (Å²) in [5, 5.41) is 3.38. The number of halogens is 1. The van der Waals surface area contributed by atoms with E-state index in [4.69, 9.17) is 9.15 Å². The number of hydrogen-bond donors (Lipinski definition) is 1. The topological polar surface area (TPSA) is 68.5 Å². The van der Waals surface area contributed by atoms with Crippen LogP contribution in [-0.2, 0) is 0 Å². The Balaban J connectivity index is 1.67. The summed E-state index contributed by atoms with van der Waals surface area (Å²) >= 11 is 0. The molecule has 4 rings (SSSR count). The first-order chi connectivity index (χ1) is 15.1. The van der Waals surface area contributed by atoms with E-state index in [-0.39, 0.29) is 17.0 Å². The predicted molar refractivity (Wildman–Crippen MR) is 116 cm³/mol. The number of para-hydroxylation sites is 1. The van der Waals surface area contributed by atoms with E-state index in [1.807, 2.05) is 0 Å². The fourth-order valence-electron chi connectivity index (χ4n) is 3.11. The second kappa shape index (κ2) is 8.67.